The molecule has 1 aromatic carbocycles. The molecule has 0 spiro atoms. The van der Waals surface area contributed by atoms with E-state index in [0.29, 0.717) is 0 Å². The van der Waals surface area contributed by atoms with Crippen LogP contribution in [0.1, 0.15) is 37.7 Å². The molecule has 0 unspecified atom stereocenters. The van der Waals surface area contributed by atoms with Gasteiger partial charge >= 0.3 is 0 Å². The second kappa shape index (κ2) is 4.88. The van der Waals surface area contributed by atoms with Crippen molar-refractivity contribution in [3.05, 3.63) is 28.5 Å². The minimum Gasteiger partial charge on any atom is -0.331 e. The van der Waals surface area contributed by atoms with Gasteiger partial charge in [0.1, 0.15) is 0 Å². The first-order chi connectivity index (χ1) is 8.74. The molecule has 0 aliphatic heterocycles. The van der Waals surface area contributed by atoms with Crippen LogP contribution in [-0.2, 0) is 6.54 Å². The van der Waals surface area contributed by atoms with Crippen LogP contribution in [0.2, 0.25) is 0 Å². The molecule has 1 saturated carbocycles. The average molecular weight is 260 g/mol. The smallest absolute Gasteiger partial charge is 0.178 e. The Morgan fingerprint density at radius 2 is 2.06 bits per heavy atom. The van der Waals surface area contributed by atoms with Gasteiger partial charge in [-0.1, -0.05) is 25.3 Å². The van der Waals surface area contributed by atoms with Crippen LogP contribution in [0.25, 0.3) is 11.0 Å². The van der Waals surface area contributed by atoms with Crippen LogP contribution in [0.5, 0.6) is 0 Å². The fourth-order valence-corrected chi connectivity index (χ4v) is 3.37. The Morgan fingerprint density at radius 1 is 1.28 bits per heavy atom. The third kappa shape index (κ3) is 2.24. The minimum atomic E-state index is 0.811. The topological polar surface area (TPSA) is 20.7 Å². The van der Waals surface area contributed by atoms with E-state index in [2.05, 4.69) is 34.7 Å². The van der Waals surface area contributed by atoms with E-state index in [1.165, 1.54) is 48.7 Å². The van der Waals surface area contributed by atoms with Gasteiger partial charge in [0.15, 0.2) is 4.77 Å². The maximum absolute atomic E-state index is 5.47. The van der Waals surface area contributed by atoms with E-state index >= 15 is 0 Å². The number of fused-ring (bicyclic) bond motifs is 1. The standard InChI is InChI=1S/C15H20N2S/c1-11-7-8-14-13(9-11)16-15(18)17(14)10-12-5-3-2-4-6-12/h7-9,12H,2-6,10H2,1H3,(H,16,18). The molecule has 0 saturated heterocycles. The molecule has 1 aliphatic rings. The molecule has 1 N–H and O–H groups in total. The summed E-state index contributed by atoms with van der Waals surface area (Å²) in [6.07, 6.45) is 6.91. The van der Waals surface area contributed by atoms with Gasteiger partial charge in [0.05, 0.1) is 11.0 Å². The largest absolute Gasteiger partial charge is 0.331 e. The lowest BCUT2D eigenvalue weighted by Gasteiger charge is -2.22. The highest BCUT2D eigenvalue weighted by Gasteiger charge is 2.15. The Morgan fingerprint density at radius 3 is 2.83 bits per heavy atom. The van der Waals surface area contributed by atoms with Gasteiger partial charge in [0.2, 0.25) is 0 Å². The Labute approximate surface area is 113 Å². The van der Waals surface area contributed by atoms with E-state index in [1.54, 1.807) is 0 Å². The molecule has 1 aliphatic carbocycles. The maximum atomic E-state index is 5.47. The van der Waals surface area contributed by atoms with E-state index < -0.39 is 0 Å². The summed E-state index contributed by atoms with van der Waals surface area (Å²) in [6, 6.07) is 6.55. The normalized spacial score (nSPS) is 17.4. The molecule has 18 heavy (non-hydrogen) atoms. The fraction of sp³-hybridized carbons (Fsp3) is 0.533. The highest BCUT2D eigenvalue weighted by molar-refractivity contribution is 7.71. The molecule has 1 aromatic heterocycles. The van der Waals surface area contributed by atoms with Crippen molar-refractivity contribution in [1.29, 1.82) is 0 Å². The van der Waals surface area contributed by atoms with Gasteiger partial charge in [0.25, 0.3) is 0 Å². The quantitative estimate of drug-likeness (QED) is 0.783. The lowest BCUT2D eigenvalue weighted by molar-refractivity contribution is 0.321. The number of aromatic amines is 1. The molecule has 0 bridgehead atoms. The zero-order chi connectivity index (χ0) is 12.5. The second-order valence-corrected chi connectivity index (χ2v) is 5.95. The number of benzene rings is 1. The van der Waals surface area contributed by atoms with Crippen LogP contribution < -0.4 is 0 Å². The molecular weight excluding hydrogens is 240 g/mol. The minimum absolute atomic E-state index is 0.811. The molecule has 3 heteroatoms. The van der Waals surface area contributed by atoms with Gasteiger partial charge in [0, 0.05) is 6.54 Å². The number of aryl methyl sites for hydroxylation is 1. The number of hydrogen-bond donors (Lipinski definition) is 1. The molecule has 1 heterocycles. The summed E-state index contributed by atoms with van der Waals surface area (Å²) in [5, 5.41) is 0. The Bertz CT molecular complexity index is 602. The van der Waals surface area contributed by atoms with Gasteiger partial charge < -0.3 is 9.55 Å². The first-order valence-electron chi connectivity index (χ1n) is 6.93. The highest BCUT2D eigenvalue weighted by Crippen LogP contribution is 2.26. The predicted molar refractivity (Wildman–Crippen MR) is 78.4 cm³/mol. The molecule has 2 nitrogen and oxygen atoms in total. The van der Waals surface area contributed by atoms with Gasteiger partial charge in [-0.15, -0.1) is 0 Å². The van der Waals surface area contributed by atoms with Crippen LogP contribution in [0.3, 0.4) is 0 Å². The van der Waals surface area contributed by atoms with Crippen molar-refractivity contribution in [1.82, 2.24) is 9.55 Å². The second-order valence-electron chi connectivity index (χ2n) is 5.57. The Kier molecular flexibility index (Phi) is 3.25. The lowest BCUT2D eigenvalue weighted by atomic mass is 9.89. The van der Waals surface area contributed by atoms with Crippen LogP contribution >= 0.6 is 12.2 Å². The van der Waals surface area contributed by atoms with Crippen LogP contribution in [0.15, 0.2) is 18.2 Å². The summed E-state index contributed by atoms with van der Waals surface area (Å²) < 4.78 is 3.17. The number of H-pyrrole nitrogens is 1. The molecule has 96 valence electrons. The molecule has 0 atom stereocenters. The van der Waals surface area contributed by atoms with Gasteiger partial charge in [-0.3, -0.25) is 0 Å². The van der Waals surface area contributed by atoms with E-state index in [-0.39, 0.29) is 0 Å². The van der Waals surface area contributed by atoms with Crippen LogP contribution in [-0.4, -0.2) is 9.55 Å². The highest BCUT2D eigenvalue weighted by atomic mass is 32.1. The summed E-state index contributed by atoms with van der Waals surface area (Å²) in [4.78, 5) is 3.34. The predicted octanol–water partition coefficient (Wildman–Crippen LogP) is 4.59. The number of nitrogens with zero attached hydrogens (tertiary/aromatic N) is 1. The monoisotopic (exact) mass is 260 g/mol. The van der Waals surface area contributed by atoms with E-state index in [0.717, 1.165) is 17.2 Å². The van der Waals surface area contributed by atoms with Crippen molar-refractivity contribution >= 4 is 23.3 Å². The van der Waals surface area contributed by atoms with E-state index in [4.69, 9.17) is 12.2 Å². The Balaban J connectivity index is 1.95. The molecule has 0 radical (unpaired) electrons. The average Bonchev–Trinajstić information content (AvgIpc) is 2.66. The summed E-state index contributed by atoms with van der Waals surface area (Å²) in [7, 11) is 0. The van der Waals surface area contributed by atoms with Crippen LogP contribution in [0, 0.1) is 17.6 Å². The first kappa shape index (κ1) is 12.0. The maximum Gasteiger partial charge on any atom is 0.178 e. The number of nitrogens with one attached hydrogen (secondary N) is 1. The zero-order valence-electron chi connectivity index (χ0n) is 10.9. The summed E-state index contributed by atoms with van der Waals surface area (Å²) in [5.74, 6) is 0.811. The van der Waals surface area contributed by atoms with Gasteiger partial charge in [-0.25, -0.2) is 0 Å². The molecule has 0 amide bonds. The number of rotatable bonds is 2. The van der Waals surface area contributed by atoms with E-state index in [1.807, 2.05) is 0 Å². The summed E-state index contributed by atoms with van der Waals surface area (Å²) in [5.41, 5.74) is 3.72. The van der Waals surface area contributed by atoms with Gasteiger partial charge in [-0.05, 0) is 55.6 Å². The first-order valence-corrected chi connectivity index (χ1v) is 7.34. The molecular formula is C15H20N2S. The van der Waals surface area contributed by atoms with Crippen molar-refractivity contribution in [2.45, 2.75) is 45.6 Å². The number of aromatic nitrogens is 2. The number of hydrogen-bond acceptors (Lipinski definition) is 1. The fourth-order valence-electron chi connectivity index (χ4n) is 3.09. The number of imidazole rings is 1. The summed E-state index contributed by atoms with van der Waals surface area (Å²) >= 11 is 5.47. The molecule has 3 rings (SSSR count). The van der Waals surface area contributed by atoms with Crippen molar-refractivity contribution < 1.29 is 0 Å². The van der Waals surface area contributed by atoms with E-state index in [9.17, 15) is 0 Å². The van der Waals surface area contributed by atoms with Crippen molar-refractivity contribution in [3.8, 4) is 0 Å². The van der Waals surface area contributed by atoms with Crippen molar-refractivity contribution in [3.63, 3.8) is 0 Å². The van der Waals surface area contributed by atoms with Crippen molar-refractivity contribution in [2.24, 2.45) is 5.92 Å². The SMILES string of the molecule is Cc1ccc2c(c1)[nH]c(=S)n2CC1CCCCC1. The Hall–Kier alpha value is -1.09. The third-order valence-electron chi connectivity index (χ3n) is 4.10. The zero-order valence-corrected chi connectivity index (χ0v) is 11.7. The van der Waals surface area contributed by atoms with Crippen molar-refractivity contribution in [2.75, 3.05) is 0 Å². The van der Waals surface area contributed by atoms with Crippen LogP contribution in [0.4, 0.5) is 0 Å². The lowest BCUT2D eigenvalue weighted by Crippen LogP contribution is -2.14. The summed E-state index contributed by atoms with van der Waals surface area (Å²) in [6.45, 7) is 3.21. The van der Waals surface area contributed by atoms with Gasteiger partial charge in [-0.2, -0.15) is 0 Å². The molecule has 2 aromatic rings. The third-order valence-corrected chi connectivity index (χ3v) is 4.42. The molecule has 1 fully saturated rings.